The van der Waals surface area contributed by atoms with Crippen LogP contribution in [-0.4, -0.2) is 25.2 Å². The van der Waals surface area contributed by atoms with Crippen molar-refractivity contribution < 1.29 is 13.9 Å². The Morgan fingerprint density at radius 1 is 1.65 bits per heavy atom. The van der Waals surface area contributed by atoms with Crippen LogP contribution in [-0.2, 0) is 9.53 Å². The molecule has 2 atom stereocenters. The Hall–Kier alpha value is -1.33. The van der Waals surface area contributed by atoms with Crippen LogP contribution in [0.1, 0.15) is 32.1 Å². The van der Waals surface area contributed by atoms with E-state index in [0.29, 0.717) is 13.2 Å². The topological polar surface area (TPSA) is 77.5 Å². The molecule has 5 heteroatoms. The summed E-state index contributed by atoms with van der Waals surface area (Å²) in [5.41, 5.74) is 5.51. The van der Waals surface area contributed by atoms with Gasteiger partial charge in [0.25, 0.3) is 0 Å². The third-order valence-corrected chi connectivity index (χ3v) is 2.43. The maximum Gasteiger partial charge on any atom is 0.223 e. The molecule has 0 aromatic carbocycles. The summed E-state index contributed by atoms with van der Waals surface area (Å²) < 4.78 is 10.5. The number of hydrogen-bond acceptors (Lipinski definition) is 4. The predicted octanol–water partition coefficient (Wildman–Crippen LogP) is 1.21. The molecule has 1 heterocycles. The Balaban J connectivity index is 2.38. The molecule has 96 valence electrons. The molecule has 0 fully saturated rings. The lowest BCUT2D eigenvalue weighted by Crippen LogP contribution is -2.34. The highest BCUT2D eigenvalue weighted by Crippen LogP contribution is 2.12. The number of amides is 1. The number of rotatable bonds is 7. The standard InChI is InChI=1S/C12H20N2O3/c1-3-16-10(8-13)7-12(15)14-9(2)11-5-4-6-17-11/h4-6,9-10H,3,7-8,13H2,1-2H3,(H,14,15)/t9-,10?/m0/s1. The number of furan rings is 1. The Kier molecular flexibility index (Phi) is 5.72. The number of hydrogen-bond donors (Lipinski definition) is 2. The van der Waals surface area contributed by atoms with E-state index in [1.807, 2.05) is 19.9 Å². The van der Waals surface area contributed by atoms with Crippen LogP contribution in [0.3, 0.4) is 0 Å². The van der Waals surface area contributed by atoms with E-state index in [0.717, 1.165) is 5.76 Å². The number of carbonyl (C=O) groups is 1. The maximum absolute atomic E-state index is 11.7. The van der Waals surface area contributed by atoms with Gasteiger partial charge in [0.1, 0.15) is 5.76 Å². The van der Waals surface area contributed by atoms with Gasteiger partial charge in [-0.1, -0.05) is 0 Å². The summed E-state index contributed by atoms with van der Waals surface area (Å²) in [6, 6.07) is 3.48. The minimum Gasteiger partial charge on any atom is -0.467 e. The van der Waals surface area contributed by atoms with E-state index in [2.05, 4.69) is 5.32 Å². The van der Waals surface area contributed by atoms with Crippen LogP contribution in [0, 0.1) is 0 Å². The summed E-state index contributed by atoms with van der Waals surface area (Å²) in [7, 11) is 0. The van der Waals surface area contributed by atoms with Crippen molar-refractivity contribution >= 4 is 5.91 Å². The molecule has 1 rings (SSSR count). The van der Waals surface area contributed by atoms with E-state index in [-0.39, 0.29) is 24.5 Å². The fraction of sp³-hybridized carbons (Fsp3) is 0.583. The predicted molar refractivity (Wildman–Crippen MR) is 64.4 cm³/mol. The van der Waals surface area contributed by atoms with Crippen molar-refractivity contribution in [1.82, 2.24) is 5.32 Å². The molecular weight excluding hydrogens is 220 g/mol. The lowest BCUT2D eigenvalue weighted by atomic mass is 10.2. The second kappa shape index (κ2) is 7.09. The lowest BCUT2D eigenvalue weighted by Gasteiger charge is -2.16. The second-order valence-electron chi connectivity index (χ2n) is 3.82. The number of nitrogens with two attached hydrogens (primary N) is 1. The van der Waals surface area contributed by atoms with Gasteiger partial charge >= 0.3 is 0 Å². The molecule has 0 aliphatic heterocycles. The van der Waals surface area contributed by atoms with Gasteiger partial charge in [0, 0.05) is 13.2 Å². The average Bonchev–Trinajstić information content (AvgIpc) is 2.81. The van der Waals surface area contributed by atoms with Crippen LogP contribution < -0.4 is 11.1 Å². The van der Waals surface area contributed by atoms with Crippen LogP contribution in [0.2, 0.25) is 0 Å². The van der Waals surface area contributed by atoms with Crippen LogP contribution in [0.25, 0.3) is 0 Å². The van der Waals surface area contributed by atoms with Gasteiger partial charge in [-0.15, -0.1) is 0 Å². The van der Waals surface area contributed by atoms with Crippen molar-refractivity contribution in [2.45, 2.75) is 32.4 Å². The molecule has 1 unspecified atom stereocenters. The average molecular weight is 240 g/mol. The van der Waals surface area contributed by atoms with Crippen molar-refractivity contribution in [3.63, 3.8) is 0 Å². The highest BCUT2D eigenvalue weighted by Gasteiger charge is 2.16. The van der Waals surface area contributed by atoms with Gasteiger partial charge in [-0.3, -0.25) is 4.79 Å². The van der Waals surface area contributed by atoms with Gasteiger partial charge in [-0.2, -0.15) is 0 Å². The highest BCUT2D eigenvalue weighted by atomic mass is 16.5. The van der Waals surface area contributed by atoms with Crippen molar-refractivity contribution in [1.29, 1.82) is 0 Å². The van der Waals surface area contributed by atoms with Gasteiger partial charge in [0.15, 0.2) is 0 Å². The molecule has 0 bridgehead atoms. The smallest absolute Gasteiger partial charge is 0.223 e. The Labute approximate surface area is 101 Å². The first-order valence-corrected chi connectivity index (χ1v) is 5.81. The Morgan fingerprint density at radius 2 is 2.41 bits per heavy atom. The van der Waals surface area contributed by atoms with Gasteiger partial charge in [-0.05, 0) is 26.0 Å². The van der Waals surface area contributed by atoms with Gasteiger partial charge in [-0.25, -0.2) is 0 Å². The van der Waals surface area contributed by atoms with Crippen LogP contribution >= 0.6 is 0 Å². The zero-order chi connectivity index (χ0) is 12.7. The zero-order valence-corrected chi connectivity index (χ0v) is 10.3. The first-order valence-electron chi connectivity index (χ1n) is 5.81. The molecule has 0 saturated carbocycles. The minimum atomic E-state index is -0.219. The molecule has 3 N–H and O–H groups in total. The fourth-order valence-electron chi connectivity index (χ4n) is 1.56. The quantitative estimate of drug-likeness (QED) is 0.751. The molecule has 1 aromatic heterocycles. The molecular formula is C12H20N2O3. The van der Waals surface area contributed by atoms with E-state index in [1.54, 1.807) is 12.3 Å². The number of nitrogens with one attached hydrogen (secondary N) is 1. The molecule has 0 aliphatic rings. The van der Waals surface area contributed by atoms with E-state index in [4.69, 9.17) is 14.9 Å². The summed E-state index contributed by atoms with van der Waals surface area (Å²) in [6.07, 6.45) is 1.64. The van der Waals surface area contributed by atoms with Crippen molar-refractivity contribution in [2.75, 3.05) is 13.2 Å². The summed E-state index contributed by atoms with van der Waals surface area (Å²) in [6.45, 7) is 4.65. The molecule has 0 saturated heterocycles. The molecule has 0 aliphatic carbocycles. The molecule has 17 heavy (non-hydrogen) atoms. The van der Waals surface area contributed by atoms with Crippen LogP contribution in [0.15, 0.2) is 22.8 Å². The van der Waals surface area contributed by atoms with Gasteiger partial charge in [0.05, 0.1) is 24.8 Å². The van der Waals surface area contributed by atoms with E-state index >= 15 is 0 Å². The number of ether oxygens (including phenoxy) is 1. The number of carbonyl (C=O) groups excluding carboxylic acids is 1. The second-order valence-corrected chi connectivity index (χ2v) is 3.82. The molecule has 0 radical (unpaired) electrons. The summed E-state index contributed by atoms with van der Waals surface area (Å²) in [4.78, 5) is 11.7. The van der Waals surface area contributed by atoms with Crippen molar-refractivity contribution in [3.8, 4) is 0 Å². The highest BCUT2D eigenvalue weighted by molar-refractivity contribution is 5.76. The summed E-state index contributed by atoms with van der Waals surface area (Å²) >= 11 is 0. The van der Waals surface area contributed by atoms with Crippen molar-refractivity contribution in [3.05, 3.63) is 24.2 Å². The van der Waals surface area contributed by atoms with Gasteiger partial charge < -0.3 is 20.2 Å². The largest absolute Gasteiger partial charge is 0.467 e. The third kappa shape index (κ3) is 4.58. The summed E-state index contributed by atoms with van der Waals surface area (Å²) in [5, 5.41) is 2.84. The SMILES string of the molecule is CCOC(CN)CC(=O)N[C@@H](C)c1ccco1. The Bertz CT molecular complexity index is 325. The molecule has 5 nitrogen and oxygen atoms in total. The zero-order valence-electron chi connectivity index (χ0n) is 10.3. The molecule has 1 aromatic rings. The maximum atomic E-state index is 11.7. The van der Waals surface area contributed by atoms with Crippen LogP contribution in [0.5, 0.6) is 0 Å². The van der Waals surface area contributed by atoms with Crippen molar-refractivity contribution in [2.24, 2.45) is 5.73 Å². The van der Waals surface area contributed by atoms with E-state index in [1.165, 1.54) is 0 Å². The first-order chi connectivity index (χ1) is 8.17. The third-order valence-electron chi connectivity index (χ3n) is 2.43. The normalized spacial score (nSPS) is 14.3. The van der Waals surface area contributed by atoms with E-state index < -0.39 is 0 Å². The molecule has 0 spiro atoms. The summed E-state index contributed by atoms with van der Waals surface area (Å²) in [5.74, 6) is 0.650. The monoisotopic (exact) mass is 240 g/mol. The first kappa shape index (κ1) is 13.7. The van der Waals surface area contributed by atoms with Crippen LogP contribution in [0.4, 0.5) is 0 Å². The Morgan fingerprint density at radius 3 is 2.94 bits per heavy atom. The minimum absolute atomic E-state index is 0.0854. The van der Waals surface area contributed by atoms with Gasteiger partial charge in [0.2, 0.25) is 5.91 Å². The lowest BCUT2D eigenvalue weighted by molar-refractivity contribution is -0.124. The molecule has 1 amide bonds. The van der Waals surface area contributed by atoms with E-state index in [9.17, 15) is 4.79 Å². The fourth-order valence-corrected chi connectivity index (χ4v) is 1.56.